The molecule has 21 heavy (non-hydrogen) atoms. The molecule has 4 heteroatoms. The molecule has 0 radical (unpaired) electrons. The lowest BCUT2D eigenvalue weighted by molar-refractivity contribution is 0.242. The number of nitrogens with two attached hydrogens (primary N) is 1. The molecule has 2 N–H and O–H groups in total. The second kappa shape index (κ2) is 6.18. The molecule has 0 saturated carbocycles. The second-order valence-electron chi connectivity index (χ2n) is 5.86. The zero-order chi connectivity index (χ0) is 14.8. The highest BCUT2D eigenvalue weighted by atomic mass is 32.1. The molecule has 112 valence electrons. The van der Waals surface area contributed by atoms with E-state index in [4.69, 9.17) is 5.73 Å². The van der Waals surface area contributed by atoms with Gasteiger partial charge in [-0.05, 0) is 53.1 Å². The summed E-state index contributed by atoms with van der Waals surface area (Å²) in [6, 6.07) is 9.30. The molecule has 2 aromatic rings. The van der Waals surface area contributed by atoms with Crippen LogP contribution in [0.1, 0.15) is 22.7 Å². The van der Waals surface area contributed by atoms with Crippen LogP contribution in [0.5, 0.6) is 0 Å². The molecule has 1 aliphatic rings. The molecule has 0 amide bonds. The van der Waals surface area contributed by atoms with Crippen molar-refractivity contribution in [3.05, 3.63) is 51.7 Å². The predicted octanol–water partition coefficient (Wildman–Crippen LogP) is 2.87. The largest absolute Gasteiger partial charge is 0.374 e. The molecule has 0 spiro atoms. The summed E-state index contributed by atoms with van der Waals surface area (Å²) in [7, 11) is 4.32. The molecule has 1 unspecified atom stereocenters. The normalized spacial score (nSPS) is 15.5. The van der Waals surface area contributed by atoms with Crippen LogP contribution in [-0.4, -0.2) is 32.1 Å². The van der Waals surface area contributed by atoms with Crippen molar-refractivity contribution >= 4 is 17.0 Å². The first-order valence-corrected chi connectivity index (χ1v) is 8.38. The standard InChI is InChI=1S/C17H23N3S/c1-19-7-5-15-9-14(3-4-16(15)19)17(10-18)20(2)11-13-6-8-21-12-13/h3-4,6,8-9,12,17H,5,7,10-11,18H2,1-2H3. The fraction of sp³-hybridized carbons (Fsp3) is 0.412. The third-order valence-corrected chi connectivity index (χ3v) is 5.12. The first kappa shape index (κ1) is 14.6. The molecule has 1 aromatic heterocycles. The summed E-state index contributed by atoms with van der Waals surface area (Å²) in [4.78, 5) is 4.67. The van der Waals surface area contributed by atoms with E-state index in [-0.39, 0.29) is 6.04 Å². The van der Waals surface area contributed by atoms with Crippen molar-refractivity contribution in [1.29, 1.82) is 0 Å². The fourth-order valence-corrected chi connectivity index (χ4v) is 3.81. The Labute approximate surface area is 131 Å². The van der Waals surface area contributed by atoms with Crippen LogP contribution < -0.4 is 10.6 Å². The lowest BCUT2D eigenvalue weighted by Crippen LogP contribution is -2.30. The van der Waals surface area contributed by atoms with Crippen molar-refractivity contribution in [2.45, 2.75) is 19.0 Å². The van der Waals surface area contributed by atoms with Gasteiger partial charge in [-0.3, -0.25) is 4.90 Å². The molecule has 1 atom stereocenters. The maximum Gasteiger partial charge on any atom is 0.0471 e. The molecule has 0 saturated heterocycles. The van der Waals surface area contributed by atoms with Crippen molar-refractivity contribution < 1.29 is 0 Å². The van der Waals surface area contributed by atoms with Gasteiger partial charge in [0.25, 0.3) is 0 Å². The molecule has 1 aromatic carbocycles. The number of nitrogens with zero attached hydrogens (tertiary/aromatic N) is 2. The Balaban J connectivity index is 1.80. The number of anilines is 1. The smallest absolute Gasteiger partial charge is 0.0471 e. The van der Waals surface area contributed by atoms with Crippen molar-refractivity contribution in [2.75, 3.05) is 32.1 Å². The number of rotatable bonds is 5. The van der Waals surface area contributed by atoms with Gasteiger partial charge in [0.1, 0.15) is 0 Å². The van der Waals surface area contributed by atoms with Gasteiger partial charge >= 0.3 is 0 Å². The van der Waals surface area contributed by atoms with Gasteiger partial charge in [0.2, 0.25) is 0 Å². The molecule has 3 nitrogen and oxygen atoms in total. The van der Waals surface area contributed by atoms with Crippen LogP contribution in [-0.2, 0) is 13.0 Å². The quantitative estimate of drug-likeness (QED) is 0.922. The molecule has 3 rings (SSSR count). The predicted molar refractivity (Wildman–Crippen MR) is 91.0 cm³/mol. The summed E-state index contributed by atoms with van der Waals surface area (Å²) in [5.41, 5.74) is 11.6. The molecule has 1 aliphatic heterocycles. The lowest BCUT2D eigenvalue weighted by atomic mass is 10.0. The number of hydrogen-bond acceptors (Lipinski definition) is 4. The lowest BCUT2D eigenvalue weighted by Gasteiger charge is -2.27. The van der Waals surface area contributed by atoms with E-state index in [1.807, 2.05) is 0 Å². The van der Waals surface area contributed by atoms with Crippen LogP contribution in [0.4, 0.5) is 5.69 Å². The highest BCUT2D eigenvalue weighted by molar-refractivity contribution is 7.07. The zero-order valence-corrected chi connectivity index (χ0v) is 13.6. The number of thiophene rings is 1. The first-order valence-electron chi connectivity index (χ1n) is 7.44. The average molecular weight is 301 g/mol. The first-order chi connectivity index (χ1) is 10.2. The van der Waals surface area contributed by atoms with Gasteiger partial charge in [0, 0.05) is 38.4 Å². The van der Waals surface area contributed by atoms with Crippen molar-refractivity contribution in [2.24, 2.45) is 5.73 Å². The molecule has 0 bridgehead atoms. The number of likely N-dealkylation sites (N-methyl/N-ethyl adjacent to an activating group) is 2. The van der Waals surface area contributed by atoms with Crippen LogP contribution in [0, 0.1) is 0 Å². The average Bonchev–Trinajstić information content (AvgIpc) is 3.10. The van der Waals surface area contributed by atoms with E-state index >= 15 is 0 Å². The number of benzene rings is 1. The van der Waals surface area contributed by atoms with Crippen LogP contribution in [0.2, 0.25) is 0 Å². The van der Waals surface area contributed by atoms with Gasteiger partial charge in [0.15, 0.2) is 0 Å². The van der Waals surface area contributed by atoms with Crippen molar-refractivity contribution in [3.63, 3.8) is 0 Å². The Morgan fingerprint density at radius 3 is 2.95 bits per heavy atom. The number of hydrogen-bond donors (Lipinski definition) is 1. The summed E-state index contributed by atoms with van der Waals surface area (Å²) in [5, 5.41) is 4.34. The maximum atomic E-state index is 6.06. The Morgan fingerprint density at radius 2 is 2.24 bits per heavy atom. The molecule has 2 heterocycles. The summed E-state index contributed by atoms with van der Waals surface area (Å²) < 4.78 is 0. The Kier molecular flexibility index (Phi) is 4.29. The highest BCUT2D eigenvalue weighted by Gasteiger charge is 2.20. The topological polar surface area (TPSA) is 32.5 Å². The second-order valence-corrected chi connectivity index (χ2v) is 6.64. The fourth-order valence-electron chi connectivity index (χ4n) is 3.15. The van der Waals surface area contributed by atoms with Gasteiger partial charge in [-0.1, -0.05) is 12.1 Å². The number of fused-ring (bicyclic) bond motifs is 1. The van der Waals surface area contributed by atoms with Crippen LogP contribution >= 0.6 is 11.3 Å². The van der Waals surface area contributed by atoms with E-state index in [0.29, 0.717) is 6.54 Å². The third kappa shape index (κ3) is 2.98. The summed E-state index contributed by atoms with van der Waals surface area (Å²) in [6.07, 6.45) is 1.14. The Morgan fingerprint density at radius 1 is 1.38 bits per heavy atom. The maximum absolute atomic E-state index is 6.06. The Hall–Kier alpha value is -1.36. The van der Waals surface area contributed by atoms with Crippen LogP contribution in [0.15, 0.2) is 35.0 Å². The van der Waals surface area contributed by atoms with Gasteiger partial charge in [0.05, 0.1) is 0 Å². The third-order valence-electron chi connectivity index (χ3n) is 4.38. The SMILES string of the molecule is CN1CCc2cc(C(CN)N(C)Cc3ccsc3)ccc21. The highest BCUT2D eigenvalue weighted by Crippen LogP contribution is 2.31. The minimum atomic E-state index is 0.279. The summed E-state index contributed by atoms with van der Waals surface area (Å²) in [5.74, 6) is 0. The van der Waals surface area contributed by atoms with E-state index < -0.39 is 0 Å². The van der Waals surface area contributed by atoms with Crippen molar-refractivity contribution in [3.8, 4) is 0 Å². The van der Waals surface area contributed by atoms with Crippen LogP contribution in [0.3, 0.4) is 0 Å². The summed E-state index contributed by atoms with van der Waals surface area (Å²) in [6.45, 7) is 2.72. The van der Waals surface area contributed by atoms with Gasteiger partial charge in [-0.2, -0.15) is 11.3 Å². The molecule has 0 fully saturated rings. The Bertz CT molecular complexity index is 594. The van der Waals surface area contributed by atoms with Crippen molar-refractivity contribution in [1.82, 2.24) is 4.90 Å². The van der Waals surface area contributed by atoms with Gasteiger partial charge < -0.3 is 10.6 Å². The van der Waals surface area contributed by atoms with E-state index in [1.165, 1.54) is 22.4 Å². The molecular formula is C17H23N3S. The molecular weight excluding hydrogens is 278 g/mol. The van der Waals surface area contributed by atoms with E-state index in [1.54, 1.807) is 11.3 Å². The minimum Gasteiger partial charge on any atom is -0.374 e. The minimum absolute atomic E-state index is 0.279. The monoisotopic (exact) mass is 301 g/mol. The summed E-state index contributed by atoms with van der Waals surface area (Å²) >= 11 is 1.75. The van der Waals surface area contributed by atoms with Crippen LogP contribution in [0.25, 0.3) is 0 Å². The van der Waals surface area contributed by atoms with E-state index in [9.17, 15) is 0 Å². The van der Waals surface area contributed by atoms with Gasteiger partial charge in [-0.25, -0.2) is 0 Å². The van der Waals surface area contributed by atoms with E-state index in [2.05, 4.69) is 58.9 Å². The van der Waals surface area contributed by atoms with E-state index in [0.717, 1.165) is 19.5 Å². The zero-order valence-electron chi connectivity index (χ0n) is 12.7. The van der Waals surface area contributed by atoms with Gasteiger partial charge in [-0.15, -0.1) is 0 Å². The molecule has 0 aliphatic carbocycles.